The van der Waals surface area contributed by atoms with Crippen LogP contribution in [0.25, 0.3) is 5.76 Å². The molecule has 10 nitrogen and oxygen atoms in total. The summed E-state index contributed by atoms with van der Waals surface area (Å²) in [5, 5.41) is 22.3. The lowest BCUT2D eigenvalue weighted by Gasteiger charge is -2.26. The van der Waals surface area contributed by atoms with Gasteiger partial charge in [0.2, 0.25) is 0 Å². The predicted molar refractivity (Wildman–Crippen MR) is 133 cm³/mol. The Morgan fingerprint density at radius 3 is 2.19 bits per heavy atom. The largest absolute Gasteiger partial charge is 0.507 e. The van der Waals surface area contributed by atoms with Gasteiger partial charge in [-0.15, -0.1) is 0 Å². The number of methoxy groups -OCH3 is 3. The molecule has 1 amide bonds. The number of Topliss-reactive ketones (excluding diaryl/α,β-unsaturated/α-hetero) is 1. The summed E-state index contributed by atoms with van der Waals surface area (Å²) in [5.41, 5.74) is 0.986. The van der Waals surface area contributed by atoms with Crippen molar-refractivity contribution in [1.29, 1.82) is 0 Å². The second-order valence-electron chi connectivity index (χ2n) is 8.16. The zero-order valence-corrected chi connectivity index (χ0v) is 20.3. The third-order valence-corrected chi connectivity index (χ3v) is 6.15. The molecular weight excluding hydrogens is 480 g/mol. The fourth-order valence-electron chi connectivity index (χ4n) is 4.33. The predicted octanol–water partition coefficient (Wildman–Crippen LogP) is 4.24. The Morgan fingerprint density at radius 1 is 0.919 bits per heavy atom. The lowest BCUT2D eigenvalue weighted by atomic mass is 9.94. The number of rotatable bonds is 8. The second kappa shape index (κ2) is 10.4. The topological polar surface area (TPSA) is 128 Å². The zero-order chi connectivity index (χ0) is 26.7. The van der Waals surface area contributed by atoms with Crippen LogP contribution < -0.4 is 14.2 Å². The number of ketones is 1. The Morgan fingerprint density at radius 2 is 1.57 bits per heavy atom. The minimum atomic E-state index is -0.986. The van der Waals surface area contributed by atoms with Gasteiger partial charge in [0.1, 0.15) is 11.5 Å². The third-order valence-electron chi connectivity index (χ3n) is 6.15. The summed E-state index contributed by atoms with van der Waals surface area (Å²) in [6, 6.07) is 16.1. The van der Waals surface area contributed by atoms with Crippen LogP contribution >= 0.6 is 0 Å². The molecule has 0 aromatic heterocycles. The van der Waals surface area contributed by atoms with Crippen LogP contribution in [-0.2, 0) is 16.1 Å². The summed E-state index contributed by atoms with van der Waals surface area (Å²) < 4.78 is 16.2. The molecule has 1 aliphatic heterocycles. The molecule has 0 spiro atoms. The van der Waals surface area contributed by atoms with Crippen molar-refractivity contribution in [2.45, 2.75) is 12.6 Å². The van der Waals surface area contributed by atoms with Crippen LogP contribution in [0.3, 0.4) is 0 Å². The summed E-state index contributed by atoms with van der Waals surface area (Å²) in [4.78, 5) is 38.4. The number of ether oxygens (including phenoxy) is 3. The van der Waals surface area contributed by atoms with E-state index in [1.54, 1.807) is 42.5 Å². The van der Waals surface area contributed by atoms with E-state index in [2.05, 4.69) is 0 Å². The fourth-order valence-corrected chi connectivity index (χ4v) is 4.33. The quantitative estimate of drug-likeness (QED) is 0.159. The number of nitro benzene ring substituents is 1. The van der Waals surface area contributed by atoms with Crippen molar-refractivity contribution in [2.24, 2.45) is 0 Å². The molecule has 1 aliphatic rings. The molecule has 0 bridgehead atoms. The molecule has 0 saturated carbocycles. The number of aliphatic hydroxyl groups excluding tert-OH is 1. The van der Waals surface area contributed by atoms with E-state index >= 15 is 0 Å². The maximum absolute atomic E-state index is 13.3. The molecule has 190 valence electrons. The first-order chi connectivity index (χ1) is 17.8. The molecule has 1 unspecified atom stereocenters. The number of carbonyl (C=O) groups is 2. The average molecular weight is 504 g/mol. The Kier molecular flexibility index (Phi) is 7.10. The van der Waals surface area contributed by atoms with Crippen molar-refractivity contribution in [3.05, 3.63) is 99.1 Å². The van der Waals surface area contributed by atoms with Gasteiger partial charge < -0.3 is 24.2 Å². The number of hydrogen-bond acceptors (Lipinski definition) is 8. The summed E-state index contributed by atoms with van der Waals surface area (Å²) in [7, 11) is 4.46. The number of para-hydroxylation sites is 1. The lowest BCUT2D eigenvalue weighted by Crippen LogP contribution is -2.29. The first-order valence-corrected chi connectivity index (χ1v) is 11.2. The Balaban J connectivity index is 1.89. The molecule has 3 aromatic rings. The molecule has 10 heteroatoms. The highest BCUT2D eigenvalue weighted by Crippen LogP contribution is 2.43. The standard InChI is InChI=1S/C27H24N2O8/c1-35-20-7-5-4-6-18(20)15-28-24(17-10-13-21(36-2)22(14-17)37-3)23(26(31)27(28)32)25(30)16-8-11-19(12-9-16)29(33)34/h4-14,24,30H,15H2,1-3H3/b25-23-. The molecule has 1 N–H and O–H groups in total. The Hall–Kier alpha value is -4.86. The summed E-state index contributed by atoms with van der Waals surface area (Å²) in [6.45, 7) is 0.0185. The first-order valence-electron chi connectivity index (χ1n) is 11.2. The molecule has 3 aromatic carbocycles. The van der Waals surface area contributed by atoms with Gasteiger partial charge in [-0.25, -0.2) is 0 Å². The minimum Gasteiger partial charge on any atom is -0.507 e. The van der Waals surface area contributed by atoms with Crippen molar-refractivity contribution >= 4 is 23.1 Å². The minimum absolute atomic E-state index is 0.0185. The van der Waals surface area contributed by atoms with Gasteiger partial charge in [-0.1, -0.05) is 24.3 Å². The van der Waals surface area contributed by atoms with Crippen LogP contribution in [0, 0.1) is 10.1 Å². The van der Waals surface area contributed by atoms with Crippen molar-refractivity contribution in [3.8, 4) is 17.2 Å². The Labute approximate surface area is 212 Å². The number of aliphatic hydroxyl groups is 1. The zero-order valence-electron chi connectivity index (χ0n) is 20.3. The molecule has 1 atom stereocenters. The summed E-state index contributed by atoms with van der Waals surface area (Å²) in [5.74, 6) is -0.789. The SMILES string of the molecule is COc1ccccc1CN1C(=O)C(=O)/C(=C(\O)c2ccc([N+](=O)[O-])cc2)C1c1ccc(OC)c(OC)c1. The van der Waals surface area contributed by atoms with Crippen molar-refractivity contribution < 1.29 is 33.8 Å². The smallest absolute Gasteiger partial charge is 0.295 e. The van der Waals surface area contributed by atoms with E-state index in [1.807, 2.05) is 0 Å². The summed E-state index contributed by atoms with van der Waals surface area (Å²) in [6.07, 6.45) is 0. The van der Waals surface area contributed by atoms with Crippen LogP contribution in [-0.4, -0.2) is 47.9 Å². The highest BCUT2D eigenvalue weighted by atomic mass is 16.6. The number of nitro groups is 1. The van der Waals surface area contributed by atoms with Crippen LogP contribution in [0.5, 0.6) is 17.2 Å². The van der Waals surface area contributed by atoms with E-state index in [0.29, 0.717) is 28.4 Å². The highest BCUT2D eigenvalue weighted by molar-refractivity contribution is 6.46. The van der Waals surface area contributed by atoms with Crippen LogP contribution in [0.4, 0.5) is 5.69 Å². The van der Waals surface area contributed by atoms with E-state index in [4.69, 9.17) is 14.2 Å². The van der Waals surface area contributed by atoms with Crippen LogP contribution in [0.1, 0.15) is 22.7 Å². The molecular formula is C27H24N2O8. The molecule has 0 aliphatic carbocycles. The highest BCUT2D eigenvalue weighted by Gasteiger charge is 2.46. The van der Waals surface area contributed by atoms with E-state index in [1.165, 1.54) is 50.5 Å². The number of nitrogens with zero attached hydrogens (tertiary/aromatic N) is 2. The van der Waals surface area contributed by atoms with Gasteiger partial charge in [-0.05, 0) is 35.9 Å². The molecule has 1 saturated heterocycles. The van der Waals surface area contributed by atoms with Gasteiger partial charge in [0.15, 0.2) is 11.5 Å². The Bertz CT molecular complexity index is 1400. The third kappa shape index (κ3) is 4.68. The average Bonchev–Trinajstić information content (AvgIpc) is 3.17. The maximum Gasteiger partial charge on any atom is 0.295 e. The van der Waals surface area contributed by atoms with Gasteiger partial charge in [0, 0.05) is 23.3 Å². The number of amides is 1. The van der Waals surface area contributed by atoms with Gasteiger partial charge in [0.25, 0.3) is 17.4 Å². The number of likely N-dealkylation sites (tertiary alicyclic amines) is 1. The molecule has 1 fully saturated rings. The van der Waals surface area contributed by atoms with Gasteiger partial charge in [-0.3, -0.25) is 19.7 Å². The van der Waals surface area contributed by atoms with E-state index in [-0.39, 0.29) is 23.4 Å². The molecule has 0 radical (unpaired) electrons. The van der Waals surface area contributed by atoms with E-state index in [0.717, 1.165) is 0 Å². The number of non-ortho nitro benzene ring substituents is 1. The van der Waals surface area contributed by atoms with Crippen molar-refractivity contribution in [1.82, 2.24) is 4.90 Å². The number of hydrogen-bond donors (Lipinski definition) is 1. The first kappa shape index (κ1) is 25.2. The van der Waals surface area contributed by atoms with Crippen LogP contribution in [0.2, 0.25) is 0 Å². The summed E-state index contributed by atoms with van der Waals surface area (Å²) >= 11 is 0. The van der Waals surface area contributed by atoms with E-state index in [9.17, 15) is 24.8 Å². The second-order valence-corrected chi connectivity index (χ2v) is 8.16. The number of benzene rings is 3. The number of carbonyl (C=O) groups excluding carboxylic acids is 2. The molecule has 37 heavy (non-hydrogen) atoms. The lowest BCUT2D eigenvalue weighted by molar-refractivity contribution is -0.384. The van der Waals surface area contributed by atoms with Crippen LogP contribution in [0.15, 0.2) is 72.3 Å². The van der Waals surface area contributed by atoms with Gasteiger partial charge in [-0.2, -0.15) is 0 Å². The fraction of sp³-hybridized carbons (Fsp3) is 0.185. The van der Waals surface area contributed by atoms with Gasteiger partial charge >= 0.3 is 0 Å². The van der Waals surface area contributed by atoms with Crippen molar-refractivity contribution in [2.75, 3.05) is 21.3 Å². The van der Waals surface area contributed by atoms with Crippen molar-refractivity contribution in [3.63, 3.8) is 0 Å². The maximum atomic E-state index is 13.3. The van der Waals surface area contributed by atoms with E-state index < -0.39 is 28.4 Å². The van der Waals surface area contributed by atoms with Gasteiger partial charge in [0.05, 0.1) is 44.4 Å². The normalized spacial score (nSPS) is 16.5. The molecule has 1 heterocycles. The molecule has 4 rings (SSSR count). The monoisotopic (exact) mass is 504 g/mol.